The van der Waals surface area contributed by atoms with E-state index >= 15 is 0 Å². The second-order valence-electron chi connectivity index (χ2n) is 13.3. The normalized spacial score (nSPS) is 17.5. The zero-order valence-electron chi connectivity index (χ0n) is 30.6. The Morgan fingerprint density at radius 1 is 0.478 bits per heavy atom. The van der Waals surface area contributed by atoms with Crippen LogP contribution in [0.15, 0.2) is 61.0 Å². The van der Waals surface area contributed by atoms with Crippen LogP contribution in [0.25, 0.3) is 0 Å². The monoisotopic (exact) mass is 641 g/mol. The summed E-state index contributed by atoms with van der Waals surface area (Å²) in [7, 11) is 0. The lowest BCUT2D eigenvalue weighted by atomic mass is 10.1. The van der Waals surface area contributed by atoms with Crippen molar-refractivity contribution in [2.75, 3.05) is 26.3 Å². The molecule has 0 radical (unpaired) electrons. The molecule has 2 N–H and O–H groups in total. The number of hydrogen-bond acceptors (Lipinski definition) is 4. The van der Waals surface area contributed by atoms with Crippen LogP contribution in [-0.2, 0) is 9.47 Å². The Hall–Kier alpha value is -1.78. The van der Waals surface area contributed by atoms with Crippen LogP contribution >= 0.6 is 0 Å². The van der Waals surface area contributed by atoms with Gasteiger partial charge in [0, 0.05) is 38.7 Å². The van der Waals surface area contributed by atoms with Gasteiger partial charge in [-0.2, -0.15) is 0 Å². The van der Waals surface area contributed by atoms with Crippen LogP contribution < -0.4 is 5.73 Å². The molecular formula is C42H76N2O2. The van der Waals surface area contributed by atoms with Crippen molar-refractivity contribution in [2.24, 2.45) is 5.73 Å². The number of allylic oxidation sites excluding steroid dienone is 8. The van der Waals surface area contributed by atoms with Gasteiger partial charge in [0.15, 0.2) is 0 Å². The Morgan fingerprint density at radius 3 is 1.20 bits per heavy atom. The molecule has 0 unspecified atom stereocenters. The zero-order valence-corrected chi connectivity index (χ0v) is 30.6. The summed E-state index contributed by atoms with van der Waals surface area (Å²) in [4.78, 5) is 2.24. The maximum Gasteiger partial charge on any atom is 0.103 e. The fourth-order valence-corrected chi connectivity index (χ4v) is 5.99. The Kier molecular flexibility index (Phi) is 31.7. The number of likely N-dealkylation sites (tertiary alicyclic amines) is 1. The smallest absolute Gasteiger partial charge is 0.103 e. The third-order valence-corrected chi connectivity index (χ3v) is 8.89. The number of rotatable bonds is 33. The van der Waals surface area contributed by atoms with Gasteiger partial charge in [0.05, 0.1) is 0 Å². The van der Waals surface area contributed by atoms with Crippen molar-refractivity contribution in [2.45, 2.75) is 180 Å². The Balaban J connectivity index is 2.00. The van der Waals surface area contributed by atoms with Crippen LogP contribution in [-0.4, -0.2) is 43.4 Å². The summed E-state index contributed by atoms with van der Waals surface area (Å²) in [6, 6.07) is 0. The summed E-state index contributed by atoms with van der Waals surface area (Å²) < 4.78 is 12.7. The van der Waals surface area contributed by atoms with Gasteiger partial charge in [-0.15, -0.1) is 0 Å². The summed E-state index contributed by atoms with van der Waals surface area (Å²) in [5, 5.41) is 0. The Bertz CT molecular complexity index is 714. The topological polar surface area (TPSA) is 47.7 Å². The SMILES string of the molecule is CCCCC/C=C\C/C=C\CCCCCCCCO[C@@H]1CN(C=CN)C[C@H]1OCCCCCCCC/C=C\C/C=C\CCCCC. The largest absolute Gasteiger partial charge is 0.403 e. The van der Waals surface area contributed by atoms with Crippen molar-refractivity contribution in [1.82, 2.24) is 4.90 Å². The van der Waals surface area contributed by atoms with E-state index in [0.29, 0.717) is 0 Å². The molecule has 1 aliphatic rings. The average Bonchev–Trinajstić information content (AvgIpc) is 3.45. The quantitative estimate of drug-likeness (QED) is 0.0573. The summed E-state index contributed by atoms with van der Waals surface area (Å²) in [5.74, 6) is 0. The third-order valence-electron chi connectivity index (χ3n) is 8.89. The Labute approximate surface area is 287 Å². The predicted molar refractivity (Wildman–Crippen MR) is 203 cm³/mol. The number of hydrogen-bond donors (Lipinski definition) is 1. The first-order valence-corrected chi connectivity index (χ1v) is 19.8. The first kappa shape index (κ1) is 42.2. The van der Waals surface area contributed by atoms with Gasteiger partial charge in [0.2, 0.25) is 0 Å². The highest BCUT2D eigenvalue weighted by molar-refractivity contribution is 4.94. The molecule has 1 aliphatic heterocycles. The van der Waals surface area contributed by atoms with Gasteiger partial charge >= 0.3 is 0 Å². The van der Waals surface area contributed by atoms with E-state index in [4.69, 9.17) is 15.2 Å². The second kappa shape index (κ2) is 34.6. The Morgan fingerprint density at radius 2 is 0.826 bits per heavy atom. The molecule has 2 atom stereocenters. The third kappa shape index (κ3) is 27.3. The molecule has 0 amide bonds. The molecule has 1 heterocycles. The summed E-state index contributed by atoms with van der Waals surface area (Å²) >= 11 is 0. The first-order valence-electron chi connectivity index (χ1n) is 19.8. The number of nitrogens with two attached hydrogens (primary N) is 1. The highest BCUT2D eigenvalue weighted by Gasteiger charge is 2.32. The number of unbranched alkanes of at least 4 members (excludes halogenated alkanes) is 18. The average molecular weight is 641 g/mol. The van der Waals surface area contributed by atoms with Crippen molar-refractivity contribution < 1.29 is 9.47 Å². The molecule has 0 aromatic rings. The molecule has 0 spiro atoms. The molecule has 0 aromatic heterocycles. The zero-order chi connectivity index (χ0) is 33.0. The lowest BCUT2D eigenvalue weighted by Crippen LogP contribution is -2.30. The second-order valence-corrected chi connectivity index (χ2v) is 13.3. The predicted octanol–water partition coefficient (Wildman–Crippen LogP) is 12.1. The van der Waals surface area contributed by atoms with E-state index in [2.05, 4.69) is 67.4 Å². The van der Waals surface area contributed by atoms with Gasteiger partial charge in [-0.1, -0.05) is 140 Å². The van der Waals surface area contributed by atoms with Crippen molar-refractivity contribution in [3.05, 3.63) is 61.0 Å². The van der Waals surface area contributed by atoms with E-state index in [1.54, 1.807) is 6.20 Å². The van der Waals surface area contributed by atoms with Gasteiger partial charge in [0.1, 0.15) is 12.2 Å². The van der Waals surface area contributed by atoms with E-state index in [9.17, 15) is 0 Å². The minimum atomic E-state index is 0.152. The van der Waals surface area contributed by atoms with Crippen LogP contribution in [0.3, 0.4) is 0 Å². The van der Waals surface area contributed by atoms with Gasteiger partial charge in [-0.05, 0) is 77.0 Å². The van der Waals surface area contributed by atoms with Crippen molar-refractivity contribution >= 4 is 0 Å². The molecular weight excluding hydrogens is 564 g/mol. The van der Waals surface area contributed by atoms with E-state index in [1.807, 2.05) is 6.20 Å². The van der Waals surface area contributed by atoms with E-state index < -0.39 is 0 Å². The molecule has 0 saturated carbocycles. The van der Waals surface area contributed by atoms with Crippen LogP contribution in [0.5, 0.6) is 0 Å². The van der Waals surface area contributed by atoms with E-state index in [-0.39, 0.29) is 12.2 Å². The van der Waals surface area contributed by atoms with Gasteiger partial charge in [-0.3, -0.25) is 0 Å². The minimum absolute atomic E-state index is 0.152. The molecule has 0 aromatic carbocycles. The number of ether oxygens (including phenoxy) is 2. The number of nitrogens with zero attached hydrogens (tertiary/aromatic N) is 1. The molecule has 1 saturated heterocycles. The molecule has 1 rings (SSSR count). The summed E-state index contributed by atoms with van der Waals surface area (Å²) in [6.45, 7) is 7.96. The van der Waals surface area contributed by atoms with E-state index in [0.717, 1.165) is 52.0 Å². The lowest BCUT2D eigenvalue weighted by Gasteiger charge is -2.19. The molecule has 0 aliphatic carbocycles. The van der Waals surface area contributed by atoms with Gasteiger partial charge < -0.3 is 20.1 Å². The van der Waals surface area contributed by atoms with Gasteiger partial charge in [0.25, 0.3) is 0 Å². The molecule has 46 heavy (non-hydrogen) atoms. The van der Waals surface area contributed by atoms with Crippen molar-refractivity contribution in [3.63, 3.8) is 0 Å². The van der Waals surface area contributed by atoms with Crippen molar-refractivity contribution in [3.8, 4) is 0 Å². The maximum atomic E-state index is 6.33. The first-order chi connectivity index (χ1) is 22.8. The summed E-state index contributed by atoms with van der Waals surface area (Å²) in [5.41, 5.74) is 5.67. The molecule has 266 valence electrons. The maximum absolute atomic E-state index is 6.33. The van der Waals surface area contributed by atoms with Crippen LogP contribution in [0.2, 0.25) is 0 Å². The van der Waals surface area contributed by atoms with Crippen LogP contribution in [0, 0.1) is 0 Å². The minimum Gasteiger partial charge on any atom is -0.403 e. The van der Waals surface area contributed by atoms with Crippen LogP contribution in [0.4, 0.5) is 0 Å². The standard InChI is InChI=1S/C42H76N2O2/c1-3-5-7-9-11-13-15-17-19-21-23-25-27-29-31-33-37-45-41-39-44(36-35-43)40-42(41)46-38-34-32-30-28-26-24-22-20-18-16-14-12-10-8-6-4-2/h11-14,17-20,35-36,41-42H,3-10,15-16,21-34,37-40,43H2,1-2H3/b13-11-,14-12-,19-17-,20-18-,36-35?/t41-,42-/m1/s1. The lowest BCUT2D eigenvalue weighted by molar-refractivity contribution is -0.0481. The fraction of sp³-hybridized carbons (Fsp3) is 0.762. The molecule has 1 fully saturated rings. The van der Waals surface area contributed by atoms with E-state index in [1.165, 1.54) is 128 Å². The highest BCUT2D eigenvalue weighted by atomic mass is 16.5. The highest BCUT2D eigenvalue weighted by Crippen LogP contribution is 2.19. The molecule has 4 nitrogen and oxygen atoms in total. The van der Waals surface area contributed by atoms with Crippen molar-refractivity contribution in [1.29, 1.82) is 0 Å². The summed E-state index contributed by atoms with van der Waals surface area (Å²) in [6.07, 6.45) is 53.1. The molecule has 4 heteroatoms. The van der Waals surface area contributed by atoms with Gasteiger partial charge in [-0.25, -0.2) is 0 Å². The van der Waals surface area contributed by atoms with Crippen LogP contribution in [0.1, 0.15) is 168 Å². The fourth-order valence-electron chi connectivity index (χ4n) is 5.99. The molecule has 0 bridgehead atoms.